The molecule has 0 N–H and O–H groups in total. The Bertz CT molecular complexity index is 529. The molecule has 0 bridgehead atoms. The lowest BCUT2D eigenvalue weighted by Gasteiger charge is -2.02. The molecule has 0 saturated heterocycles. The van der Waals surface area contributed by atoms with Crippen molar-refractivity contribution >= 4 is 17.7 Å². The number of carbonyl (C=O) groups excluding carboxylic acids is 1. The zero-order valence-corrected chi connectivity index (χ0v) is 10.3. The van der Waals surface area contributed by atoms with Crippen LogP contribution in [0, 0.1) is 27.4 Å². The van der Waals surface area contributed by atoms with E-state index in [4.69, 9.17) is 10.00 Å². The number of nitriles is 1. The molecule has 1 aromatic carbocycles. The normalized spacial score (nSPS) is 11.8. The van der Waals surface area contributed by atoms with E-state index in [1.807, 2.05) is 6.07 Å². The summed E-state index contributed by atoms with van der Waals surface area (Å²) >= 11 is 0. The number of nitrogens with zero attached hydrogens (tertiary/aromatic N) is 2. The van der Waals surface area contributed by atoms with E-state index >= 15 is 0 Å². The number of esters is 1. The summed E-state index contributed by atoms with van der Waals surface area (Å²) in [5.74, 6) is -0.905. The summed E-state index contributed by atoms with van der Waals surface area (Å²) in [5.41, 5.74) is 0.637. The molecule has 1 unspecified atom stereocenters. The zero-order chi connectivity index (χ0) is 14.3. The summed E-state index contributed by atoms with van der Waals surface area (Å²) in [6.45, 7) is 1.69. The number of rotatable bonds is 5. The van der Waals surface area contributed by atoms with Crippen molar-refractivity contribution in [2.24, 2.45) is 5.92 Å². The highest BCUT2D eigenvalue weighted by molar-refractivity contribution is 5.87. The van der Waals surface area contributed by atoms with E-state index < -0.39 is 10.9 Å². The molecule has 98 valence electrons. The van der Waals surface area contributed by atoms with Gasteiger partial charge in [-0.2, -0.15) is 5.26 Å². The first-order valence-corrected chi connectivity index (χ1v) is 5.52. The van der Waals surface area contributed by atoms with Crippen LogP contribution in [0.1, 0.15) is 12.5 Å². The van der Waals surface area contributed by atoms with Crippen LogP contribution in [0.5, 0.6) is 0 Å². The Kier molecular flexibility index (Phi) is 5.23. The molecular weight excluding hydrogens is 248 g/mol. The van der Waals surface area contributed by atoms with Gasteiger partial charge in [-0.3, -0.25) is 10.1 Å². The second-order valence-corrected chi connectivity index (χ2v) is 3.84. The first kappa shape index (κ1) is 14.4. The first-order valence-electron chi connectivity index (χ1n) is 5.52. The van der Waals surface area contributed by atoms with Gasteiger partial charge in [0.1, 0.15) is 6.61 Å². The number of nitro benzene ring substituents is 1. The summed E-state index contributed by atoms with van der Waals surface area (Å²) < 4.78 is 4.82. The van der Waals surface area contributed by atoms with E-state index in [1.165, 1.54) is 36.4 Å². The SMILES string of the molecule is CC(C#N)COC(=O)C=Cc1ccc([N+](=O)[O-])cc1. The Morgan fingerprint density at radius 2 is 2.16 bits per heavy atom. The summed E-state index contributed by atoms with van der Waals surface area (Å²) in [4.78, 5) is 21.2. The lowest BCUT2D eigenvalue weighted by molar-refractivity contribution is -0.384. The average molecular weight is 260 g/mol. The van der Waals surface area contributed by atoms with Crippen molar-refractivity contribution in [2.45, 2.75) is 6.92 Å². The number of hydrogen-bond donors (Lipinski definition) is 0. The third-order valence-corrected chi connectivity index (χ3v) is 2.21. The van der Waals surface area contributed by atoms with E-state index in [1.54, 1.807) is 6.92 Å². The van der Waals surface area contributed by atoms with Gasteiger partial charge in [-0.05, 0) is 30.7 Å². The maximum atomic E-state index is 11.3. The van der Waals surface area contributed by atoms with Crippen LogP contribution < -0.4 is 0 Å². The smallest absolute Gasteiger partial charge is 0.330 e. The minimum absolute atomic E-state index is 0.0115. The van der Waals surface area contributed by atoms with Crippen LogP contribution in [-0.2, 0) is 9.53 Å². The molecule has 1 aromatic rings. The highest BCUT2D eigenvalue weighted by Crippen LogP contribution is 2.12. The minimum Gasteiger partial charge on any atom is -0.461 e. The van der Waals surface area contributed by atoms with E-state index in [0.29, 0.717) is 5.56 Å². The topological polar surface area (TPSA) is 93.2 Å². The number of carbonyl (C=O) groups is 1. The monoisotopic (exact) mass is 260 g/mol. The molecule has 0 aliphatic rings. The van der Waals surface area contributed by atoms with Gasteiger partial charge in [-0.15, -0.1) is 0 Å². The highest BCUT2D eigenvalue weighted by atomic mass is 16.6. The number of non-ortho nitro benzene ring substituents is 1. The second kappa shape index (κ2) is 6.91. The Morgan fingerprint density at radius 1 is 1.53 bits per heavy atom. The van der Waals surface area contributed by atoms with Crippen molar-refractivity contribution in [1.82, 2.24) is 0 Å². The zero-order valence-electron chi connectivity index (χ0n) is 10.3. The molecule has 0 fully saturated rings. The summed E-state index contributed by atoms with van der Waals surface area (Å²) in [7, 11) is 0. The van der Waals surface area contributed by atoms with Crippen LogP contribution in [0.3, 0.4) is 0 Å². The van der Waals surface area contributed by atoms with Crippen molar-refractivity contribution in [2.75, 3.05) is 6.61 Å². The van der Waals surface area contributed by atoms with Crippen molar-refractivity contribution in [1.29, 1.82) is 5.26 Å². The highest BCUT2D eigenvalue weighted by Gasteiger charge is 2.04. The van der Waals surface area contributed by atoms with Gasteiger partial charge in [0.2, 0.25) is 0 Å². The van der Waals surface area contributed by atoms with Gasteiger partial charge in [0.05, 0.1) is 16.9 Å². The van der Waals surface area contributed by atoms with Crippen LogP contribution >= 0.6 is 0 Å². The lowest BCUT2D eigenvalue weighted by Crippen LogP contribution is -2.08. The maximum Gasteiger partial charge on any atom is 0.330 e. The number of ether oxygens (including phenoxy) is 1. The van der Waals surface area contributed by atoms with Gasteiger partial charge >= 0.3 is 5.97 Å². The predicted octanol–water partition coefficient (Wildman–Crippen LogP) is 2.31. The maximum absolute atomic E-state index is 11.3. The summed E-state index contributed by atoms with van der Waals surface area (Å²) in [6, 6.07) is 7.70. The molecule has 6 nitrogen and oxygen atoms in total. The van der Waals surface area contributed by atoms with Crippen LogP contribution in [0.25, 0.3) is 6.08 Å². The number of benzene rings is 1. The van der Waals surface area contributed by atoms with Gasteiger partial charge in [-0.1, -0.05) is 0 Å². The van der Waals surface area contributed by atoms with Gasteiger partial charge < -0.3 is 4.74 Å². The molecule has 0 saturated carbocycles. The number of hydrogen-bond acceptors (Lipinski definition) is 5. The third-order valence-electron chi connectivity index (χ3n) is 2.21. The van der Waals surface area contributed by atoms with Crippen LogP contribution in [0.4, 0.5) is 5.69 Å². The Morgan fingerprint density at radius 3 is 2.68 bits per heavy atom. The van der Waals surface area contributed by atoms with Gasteiger partial charge in [0.25, 0.3) is 5.69 Å². The van der Waals surface area contributed by atoms with Crippen molar-refractivity contribution in [3.63, 3.8) is 0 Å². The summed E-state index contributed by atoms with van der Waals surface area (Å²) in [5, 5.41) is 19.0. The van der Waals surface area contributed by atoms with E-state index in [2.05, 4.69) is 0 Å². The molecule has 1 rings (SSSR count). The van der Waals surface area contributed by atoms with Gasteiger partial charge in [0, 0.05) is 18.2 Å². The second-order valence-electron chi connectivity index (χ2n) is 3.84. The van der Waals surface area contributed by atoms with Crippen molar-refractivity contribution < 1.29 is 14.5 Å². The largest absolute Gasteiger partial charge is 0.461 e. The molecular formula is C13H12N2O4. The molecule has 6 heteroatoms. The Hall–Kier alpha value is -2.68. The molecule has 0 aliphatic heterocycles. The fourth-order valence-corrected chi connectivity index (χ4v) is 1.16. The van der Waals surface area contributed by atoms with Crippen molar-refractivity contribution in [3.8, 4) is 6.07 Å². The van der Waals surface area contributed by atoms with Crippen LogP contribution in [0.2, 0.25) is 0 Å². The van der Waals surface area contributed by atoms with Crippen LogP contribution in [0.15, 0.2) is 30.3 Å². The minimum atomic E-state index is -0.555. The Labute approximate surface area is 110 Å². The fourth-order valence-electron chi connectivity index (χ4n) is 1.16. The predicted molar refractivity (Wildman–Crippen MR) is 67.9 cm³/mol. The molecule has 0 amide bonds. The molecule has 0 aliphatic carbocycles. The number of nitro groups is 1. The standard InChI is InChI=1S/C13H12N2O4/c1-10(8-14)9-19-13(16)7-4-11-2-5-12(6-3-11)15(17)18/h2-7,10H,9H2,1H3. The van der Waals surface area contributed by atoms with Gasteiger partial charge in [-0.25, -0.2) is 4.79 Å². The molecule has 0 aromatic heterocycles. The lowest BCUT2D eigenvalue weighted by atomic mass is 10.2. The summed E-state index contributed by atoms with van der Waals surface area (Å²) in [6.07, 6.45) is 2.70. The van der Waals surface area contributed by atoms with Crippen molar-refractivity contribution in [3.05, 3.63) is 46.0 Å². The van der Waals surface area contributed by atoms with E-state index in [9.17, 15) is 14.9 Å². The van der Waals surface area contributed by atoms with E-state index in [-0.39, 0.29) is 18.2 Å². The first-order chi connectivity index (χ1) is 9.02. The third kappa shape index (κ3) is 5.00. The average Bonchev–Trinajstić information content (AvgIpc) is 2.42. The van der Waals surface area contributed by atoms with Gasteiger partial charge in [0.15, 0.2) is 0 Å². The Balaban J connectivity index is 2.54. The quantitative estimate of drug-likeness (QED) is 0.350. The fraction of sp³-hybridized carbons (Fsp3) is 0.231. The van der Waals surface area contributed by atoms with Crippen LogP contribution in [-0.4, -0.2) is 17.5 Å². The molecule has 0 spiro atoms. The van der Waals surface area contributed by atoms with E-state index in [0.717, 1.165) is 0 Å². The molecule has 0 radical (unpaired) electrons. The molecule has 19 heavy (non-hydrogen) atoms. The molecule has 0 heterocycles. The molecule has 1 atom stereocenters.